The van der Waals surface area contributed by atoms with Gasteiger partial charge in [-0.3, -0.25) is 4.79 Å². The summed E-state index contributed by atoms with van der Waals surface area (Å²) in [5.74, 6) is 1.00. The summed E-state index contributed by atoms with van der Waals surface area (Å²) in [5.41, 5.74) is 8.33. The molecule has 27 heavy (non-hydrogen) atoms. The van der Waals surface area contributed by atoms with Crippen LogP contribution in [0.5, 0.6) is 11.6 Å². The fourth-order valence-corrected chi connectivity index (χ4v) is 2.48. The highest BCUT2D eigenvalue weighted by Crippen LogP contribution is 2.20. The van der Waals surface area contributed by atoms with Gasteiger partial charge >= 0.3 is 0 Å². The lowest BCUT2D eigenvalue weighted by atomic mass is 9.99. The summed E-state index contributed by atoms with van der Waals surface area (Å²) in [4.78, 5) is 16.7. The Hall–Kier alpha value is -2.89. The summed E-state index contributed by atoms with van der Waals surface area (Å²) in [7, 11) is 1.54. The van der Waals surface area contributed by atoms with Crippen LogP contribution in [0.4, 0.5) is 0 Å². The first-order valence-corrected chi connectivity index (χ1v) is 8.24. The largest absolute Gasteiger partial charge is 0.489 e. The van der Waals surface area contributed by atoms with Gasteiger partial charge in [0.15, 0.2) is 5.78 Å². The van der Waals surface area contributed by atoms with E-state index in [1.165, 1.54) is 7.11 Å². The number of Topliss-reactive ketones (excluding diaryl/α,β-unsaturated/α-hetero) is 1. The molecule has 0 aliphatic carbocycles. The van der Waals surface area contributed by atoms with Gasteiger partial charge in [-0.15, -0.1) is 12.4 Å². The van der Waals surface area contributed by atoms with Gasteiger partial charge in [0.05, 0.1) is 13.2 Å². The number of pyridine rings is 1. The zero-order valence-electron chi connectivity index (χ0n) is 14.9. The smallest absolute Gasteiger partial charge is 0.212 e. The van der Waals surface area contributed by atoms with E-state index in [2.05, 4.69) is 4.98 Å². The number of nitrogens with two attached hydrogens (primary N) is 1. The van der Waals surface area contributed by atoms with Crippen molar-refractivity contribution in [3.63, 3.8) is 0 Å². The van der Waals surface area contributed by atoms with E-state index in [-0.39, 0.29) is 18.2 Å². The second-order valence-electron chi connectivity index (χ2n) is 5.77. The summed E-state index contributed by atoms with van der Waals surface area (Å²) in [5, 5.41) is 0. The molecule has 3 aromatic rings. The highest BCUT2D eigenvalue weighted by Gasteiger charge is 2.18. The maximum Gasteiger partial charge on any atom is 0.212 e. The van der Waals surface area contributed by atoms with E-state index in [1.807, 2.05) is 30.3 Å². The van der Waals surface area contributed by atoms with E-state index >= 15 is 0 Å². The number of aromatic nitrogens is 1. The van der Waals surface area contributed by atoms with E-state index in [1.54, 1.807) is 42.6 Å². The molecule has 0 amide bonds. The number of methoxy groups -OCH3 is 1. The van der Waals surface area contributed by atoms with Crippen LogP contribution in [0.2, 0.25) is 0 Å². The third-order valence-electron chi connectivity index (χ3n) is 4.00. The minimum Gasteiger partial charge on any atom is -0.489 e. The van der Waals surface area contributed by atoms with Crippen molar-refractivity contribution < 1.29 is 14.3 Å². The van der Waals surface area contributed by atoms with Gasteiger partial charge in [0.1, 0.15) is 12.4 Å². The third-order valence-corrected chi connectivity index (χ3v) is 4.00. The molecule has 0 aliphatic rings. The predicted octanol–water partition coefficient (Wildman–Crippen LogP) is 3.97. The standard InChI is InChI=1S/C21H20N2O3.ClH/c1-25-19-12-9-17(13-23-19)20(22)21(24)16-7-10-18(11-8-16)26-14-15-5-3-2-4-6-15;/h2-13,20H,14,22H2,1H3;1H. The van der Waals surface area contributed by atoms with E-state index < -0.39 is 6.04 Å². The molecule has 2 N–H and O–H groups in total. The van der Waals surface area contributed by atoms with Gasteiger partial charge in [-0.2, -0.15) is 0 Å². The van der Waals surface area contributed by atoms with Gasteiger partial charge in [-0.25, -0.2) is 4.98 Å². The predicted molar refractivity (Wildman–Crippen MR) is 107 cm³/mol. The van der Waals surface area contributed by atoms with Crippen molar-refractivity contribution in [3.05, 3.63) is 89.6 Å². The molecule has 0 saturated carbocycles. The van der Waals surface area contributed by atoms with Crippen LogP contribution in [0.3, 0.4) is 0 Å². The molecule has 5 nitrogen and oxygen atoms in total. The van der Waals surface area contributed by atoms with Crippen molar-refractivity contribution in [1.82, 2.24) is 4.98 Å². The SMILES string of the molecule is COc1ccc(C(N)C(=O)c2ccc(OCc3ccccc3)cc2)cn1.Cl. The van der Waals surface area contributed by atoms with Crippen LogP contribution in [0, 0.1) is 0 Å². The first-order chi connectivity index (χ1) is 12.7. The highest BCUT2D eigenvalue weighted by atomic mass is 35.5. The minimum atomic E-state index is -0.774. The Labute approximate surface area is 164 Å². The Kier molecular flexibility index (Phi) is 7.34. The van der Waals surface area contributed by atoms with Crippen molar-refractivity contribution >= 4 is 18.2 Å². The fraction of sp³-hybridized carbons (Fsp3) is 0.143. The normalized spacial score (nSPS) is 11.2. The number of benzene rings is 2. The number of hydrogen-bond acceptors (Lipinski definition) is 5. The van der Waals surface area contributed by atoms with Crippen molar-refractivity contribution in [1.29, 1.82) is 0 Å². The average Bonchev–Trinajstić information content (AvgIpc) is 2.72. The van der Waals surface area contributed by atoms with Crippen LogP contribution in [-0.4, -0.2) is 17.9 Å². The molecule has 0 aliphatic heterocycles. The van der Waals surface area contributed by atoms with Crippen LogP contribution < -0.4 is 15.2 Å². The zero-order chi connectivity index (χ0) is 18.4. The molecule has 1 aromatic heterocycles. The molecular weight excluding hydrogens is 364 g/mol. The Morgan fingerprint density at radius 3 is 2.33 bits per heavy atom. The molecule has 6 heteroatoms. The Morgan fingerprint density at radius 2 is 1.74 bits per heavy atom. The number of carbonyl (C=O) groups excluding carboxylic acids is 1. The van der Waals surface area contributed by atoms with Gasteiger partial charge in [0.25, 0.3) is 0 Å². The van der Waals surface area contributed by atoms with E-state index in [4.69, 9.17) is 15.2 Å². The molecule has 1 unspecified atom stereocenters. The van der Waals surface area contributed by atoms with Gasteiger partial charge in [-0.05, 0) is 35.4 Å². The number of rotatable bonds is 7. The molecule has 0 fully saturated rings. The van der Waals surface area contributed by atoms with Crippen LogP contribution >= 0.6 is 12.4 Å². The molecule has 3 rings (SSSR count). The number of ether oxygens (including phenoxy) is 2. The fourth-order valence-electron chi connectivity index (χ4n) is 2.48. The minimum absolute atomic E-state index is 0. The first-order valence-electron chi connectivity index (χ1n) is 8.24. The lowest BCUT2D eigenvalue weighted by Crippen LogP contribution is -2.21. The zero-order valence-corrected chi connectivity index (χ0v) is 15.7. The van der Waals surface area contributed by atoms with Gasteiger partial charge in [-0.1, -0.05) is 36.4 Å². The molecule has 0 bridgehead atoms. The lowest BCUT2D eigenvalue weighted by molar-refractivity contribution is 0.0961. The van der Waals surface area contributed by atoms with Crippen LogP contribution in [0.15, 0.2) is 72.9 Å². The topological polar surface area (TPSA) is 74.4 Å². The molecule has 140 valence electrons. The third kappa shape index (κ3) is 5.29. The second-order valence-corrected chi connectivity index (χ2v) is 5.77. The van der Waals surface area contributed by atoms with Crippen molar-refractivity contribution in [2.75, 3.05) is 7.11 Å². The molecular formula is C21H21ClN2O3. The number of halogens is 1. The molecule has 0 radical (unpaired) electrons. The first kappa shape index (κ1) is 20.4. The van der Waals surface area contributed by atoms with E-state index in [0.717, 1.165) is 5.56 Å². The monoisotopic (exact) mass is 384 g/mol. The summed E-state index contributed by atoms with van der Waals surface area (Å²) >= 11 is 0. The lowest BCUT2D eigenvalue weighted by Gasteiger charge is -2.12. The maximum atomic E-state index is 12.6. The molecule has 1 heterocycles. The molecule has 0 spiro atoms. The summed E-state index contributed by atoms with van der Waals surface area (Å²) < 4.78 is 10.7. The van der Waals surface area contributed by atoms with Crippen LogP contribution in [0.25, 0.3) is 0 Å². The second kappa shape index (κ2) is 9.71. The number of nitrogens with zero attached hydrogens (tertiary/aromatic N) is 1. The molecule has 1 atom stereocenters. The van der Waals surface area contributed by atoms with Crippen LogP contribution in [0.1, 0.15) is 27.5 Å². The van der Waals surface area contributed by atoms with E-state index in [0.29, 0.717) is 29.4 Å². The Bertz CT molecular complexity index is 853. The van der Waals surface area contributed by atoms with Crippen molar-refractivity contribution in [2.45, 2.75) is 12.6 Å². The number of hydrogen-bond donors (Lipinski definition) is 1. The average molecular weight is 385 g/mol. The number of carbonyl (C=O) groups is 1. The Balaban J connectivity index is 0.00000261. The van der Waals surface area contributed by atoms with Gasteiger partial charge in [0, 0.05) is 17.8 Å². The highest BCUT2D eigenvalue weighted by molar-refractivity contribution is 6.00. The van der Waals surface area contributed by atoms with Crippen molar-refractivity contribution in [3.8, 4) is 11.6 Å². The summed E-state index contributed by atoms with van der Waals surface area (Å²) in [6.07, 6.45) is 1.55. The molecule has 2 aromatic carbocycles. The summed E-state index contributed by atoms with van der Waals surface area (Å²) in [6.45, 7) is 0.477. The van der Waals surface area contributed by atoms with Crippen LogP contribution in [-0.2, 0) is 6.61 Å². The number of ketones is 1. The van der Waals surface area contributed by atoms with Crippen molar-refractivity contribution in [2.24, 2.45) is 5.73 Å². The Morgan fingerprint density at radius 1 is 1.04 bits per heavy atom. The van der Waals surface area contributed by atoms with E-state index in [9.17, 15) is 4.79 Å². The molecule has 0 saturated heterocycles. The quantitative estimate of drug-likeness (QED) is 0.624. The van der Waals surface area contributed by atoms with Gasteiger partial charge < -0.3 is 15.2 Å². The maximum absolute atomic E-state index is 12.6. The van der Waals surface area contributed by atoms with Gasteiger partial charge in [0.2, 0.25) is 5.88 Å². The summed E-state index contributed by atoms with van der Waals surface area (Å²) in [6, 6.07) is 19.5.